The first kappa shape index (κ1) is 55.3. The van der Waals surface area contributed by atoms with E-state index in [0.29, 0.717) is 19.3 Å². The third-order valence-corrected chi connectivity index (χ3v) is 11.8. The van der Waals surface area contributed by atoms with E-state index in [1.54, 1.807) is 0 Å². The maximum absolute atomic E-state index is 12.8. The van der Waals surface area contributed by atoms with Crippen molar-refractivity contribution >= 4 is 19.8 Å². The van der Waals surface area contributed by atoms with Crippen LogP contribution in [0.1, 0.15) is 194 Å². The number of allylic oxidation sites excluding steroid dienone is 4. The Bertz CT molecular complexity index is 1130. The lowest BCUT2D eigenvalue weighted by Crippen LogP contribution is -2.64. The molecular formula is C45H83O13P. The fourth-order valence-electron chi connectivity index (χ4n) is 7.03. The predicted octanol–water partition coefficient (Wildman–Crippen LogP) is 8.84. The minimum absolute atomic E-state index is 0.0358. The molecule has 6 N–H and O–H groups in total. The van der Waals surface area contributed by atoms with Gasteiger partial charge in [-0.3, -0.25) is 18.6 Å². The van der Waals surface area contributed by atoms with Gasteiger partial charge in [-0.1, -0.05) is 167 Å². The highest BCUT2D eigenvalue weighted by Crippen LogP contribution is 2.47. The van der Waals surface area contributed by atoms with Crippen molar-refractivity contribution in [3.05, 3.63) is 24.3 Å². The molecule has 0 heterocycles. The van der Waals surface area contributed by atoms with E-state index in [1.165, 1.54) is 116 Å². The van der Waals surface area contributed by atoms with Gasteiger partial charge in [-0.05, 0) is 38.5 Å². The predicted molar refractivity (Wildman–Crippen MR) is 230 cm³/mol. The van der Waals surface area contributed by atoms with Crippen LogP contribution in [0.3, 0.4) is 0 Å². The summed E-state index contributed by atoms with van der Waals surface area (Å²) in [7, 11) is -5.12. The van der Waals surface area contributed by atoms with Crippen LogP contribution in [-0.2, 0) is 32.7 Å². The van der Waals surface area contributed by atoms with Crippen molar-refractivity contribution in [2.45, 2.75) is 236 Å². The van der Waals surface area contributed by atoms with Crippen LogP contribution in [0.2, 0.25) is 0 Å². The summed E-state index contributed by atoms with van der Waals surface area (Å²) >= 11 is 0. The summed E-state index contributed by atoms with van der Waals surface area (Å²) in [5.41, 5.74) is 0. The van der Waals surface area contributed by atoms with Crippen LogP contribution in [0.4, 0.5) is 0 Å². The third kappa shape index (κ3) is 28.5. The zero-order valence-corrected chi connectivity index (χ0v) is 37.4. The molecule has 1 rings (SSSR count). The Morgan fingerprint density at radius 3 is 1.42 bits per heavy atom. The van der Waals surface area contributed by atoms with E-state index in [4.69, 9.17) is 18.5 Å². The first-order valence-corrected chi connectivity index (χ1v) is 24.6. The molecule has 0 aromatic rings. The fraction of sp³-hybridized carbons (Fsp3) is 0.867. The lowest BCUT2D eigenvalue weighted by Gasteiger charge is -2.41. The molecule has 1 aliphatic rings. The molecule has 13 nitrogen and oxygen atoms in total. The zero-order chi connectivity index (χ0) is 43.6. The molecule has 0 amide bonds. The Morgan fingerprint density at radius 1 is 0.525 bits per heavy atom. The number of aliphatic hydroxyl groups is 5. The van der Waals surface area contributed by atoms with E-state index in [0.717, 1.165) is 32.1 Å². The van der Waals surface area contributed by atoms with Crippen LogP contribution >= 0.6 is 7.82 Å². The second kappa shape index (κ2) is 35.9. The van der Waals surface area contributed by atoms with Gasteiger partial charge in [0.25, 0.3) is 0 Å². The normalized spacial score (nSPS) is 22.5. The van der Waals surface area contributed by atoms with E-state index in [2.05, 4.69) is 26.0 Å². The summed E-state index contributed by atoms with van der Waals surface area (Å²) in [6.45, 7) is 3.27. The van der Waals surface area contributed by atoms with Crippen LogP contribution in [0.15, 0.2) is 24.3 Å². The molecule has 1 aliphatic carbocycles. The Morgan fingerprint density at radius 2 is 0.932 bits per heavy atom. The fourth-order valence-corrected chi connectivity index (χ4v) is 8.01. The number of carbonyl (C=O) groups excluding carboxylic acids is 2. The number of hydrogen-bond acceptors (Lipinski definition) is 12. The van der Waals surface area contributed by atoms with Crippen LogP contribution in [0.5, 0.6) is 0 Å². The number of rotatable bonds is 38. The highest BCUT2D eigenvalue weighted by molar-refractivity contribution is 7.47. The maximum atomic E-state index is 12.8. The third-order valence-electron chi connectivity index (χ3n) is 10.8. The summed E-state index contributed by atoms with van der Waals surface area (Å²) in [5, 5.41) is 50.1. The van der Waals surface area contributed by atoms with Gasteiger partial charge in [0.2, 0.25) is 0 Å². The average molecular weight is 863 g/mol. The van der Waals surface area contributed by atoms with Gasteiger partial charge in [-0.25, -0.2) is 4.57 Å². The summed E-state index contributed by atoms with van der Waals surface area (Å²) in [4.78, 5) is 35.6. The minimum atomic E-state index is -5.12. The number of ether oxygens (including phenoxy) is 2. The number of unbranched alkanes of at least 4 members (excludes halogenated alkanes) is 22. The van der Waals surface area contributed by atoms with Gasteiger partial charge in [0.1, 0.15) is 43.2 Å². The van der Waals surface area contributed by atoms with Gasteiger partial charge in [-0.2, -0.15) is 0 Å². The molecule has 0 spiro atoms. The highest BCUT2D eigenvalue weighted by Gasteiger charge is 2.51. The molecule has 8 atom stereocenters. The summed E-state index contributed by atoms with van der Waals surface area (Å²) in [5.74, 6) is -1.15. The molecule has 59 heavy (non-hydrogen) atoms. The average Bonchev–Trinajstić information content (AvgIpc) is 3.21. The van der Waals surface area contributed by atoms with E-state index < -0.39 is 75.7 Å². The molecule has 0 aliphatic heterocycles. The number of carbonyl (C=O) groups is 2. The number of aliphatic hydroxyl groups excluding tert-OH is 5. The number of hydrogen-bond donors (Lipinski definition) is 6. The van der Waals surface area contributed by atoms with E-state index in [-0.39, 0.29) is 12.8 Å². The quantitative estimate of drug-likeness (QED) is 0.0149. The van der Waals surface area contributed by atoms with E-state index in [1.807, 2.05) is 12.2 Å². The van der Waals surface area contributed by atoms with Crippen molar-refractivity contribution in [3.63, 3.8) is 0 Å². The molecule has 0 aromatic carbocycles. The van der Waals surface area contributed by atoms with Gasteiger partial charge in [0.15, 0.2) is 6.10 Å². The zero-order valence-electron chi connectivity index (χ0n) is 36.6. The van der Waals surface area contributed by atoms with Gasteiger partial charge in [-0.15, -0.1) is 0 Å². The maximum Gasteiger partial charge on any atom is 0.472 e. The molecule has 1 saturated carbocycles. The van der Waals surface area contributed by atoms with E-state index in [9.17, 15) is 44.6 Å². The molecule has 0 saturated heterocycles. The van der Waals surface area contributed by atoms with Crippen LogP contribution in [-0.4, -0.2) is 98.3 Å². The summed E-state index contributed by atoms with van der Waals surface area (Å²) in [6.07, 6.45) is 25.3. The largest absolute Gasteiger partial charge is 0.472 e. The van der Waals surface area contributed by atoms with Gasteiger partial charge < -0.3 is 39.9 Å². The number of esters is 2. The molecule has 14 heteroatoms. The highest BCUT2D eigenvalue weighted by atomic mass is 31.2. The second-order valence-electron chi connectivity index (χ2n) is 16.3. The molecule has 0 radical (unpaired) electrons. The number of phosphoric acid groups is 1. The van der Waals surface area contributed by atoms with Crippen LogP contribution < -0.4 is 0 Å². The molecule has 0 bridgehead atoms. The van der Waals surface area contributed by atoms with Gasteiger partial charge in [0, 0.05) is 12.8 Å². The number of phosphoric ester groups is 1. The van der Waals surface area contributed by atoms with Crippen molar-refractivity contribution in [1.29, 1.82) is 0 Å². The molecule has 346 valence electrons. The van der Waals surface area contributed by atoms with Crippen molar-refractivity contribution in [1.82, 2.24) is 0 Å². The first-order valence-electron chi connectivity index (χ1n) is 23.1. The van der Waals surface area contributed by atoms with Crippen molar-refractivity contribution < 1.29 is 63.1 Å². The molecule has 6 unspecified atom stereocenters. The van der Waals surface area contributed by atoms with Gasteiger partial charge in [0.05, 0.1) is 6.61 Å². The monoisotopic (exact) mass is 863 g/mol. The van der Waals surface area contributed by atoms with Gasteiger partial charge >= 0.3 is 19.8 Å². The first-order chi connectivity index (χ1) is 28.4. The standard InChI is InChI=1S/C45H83O13P/c1-3-5-7-9-11-13-15-17-18-19-20-22-24-26-28-30-32-34-39(47)57-37(36-56-59(53,54)58-45-43(51)41(49)40(48)42(50)44(45)52)35-55-38(46)33-31-29-27-25-23-21-16-14-12-10-8-6-4-2/h20,22,26,28,37,40-45,48-52H,3-19,21,23-25,27,29-36H2,1-2H3,(H,53,54)/b22-20+,28-26+/t37-,40?,41+,42?,43?,44?,45?/m1/s1. The van der Waals surface area contributed by atoms with Crippen molar-refractivity contribution in [3.8, 4) is 0 Å². The molecule has 1 fully saturated rings. The van der Waals surface area contributed by atoms with E-state index >= 15 is 0 Å². The van der Waals surface area contributed by atoms with Crippen molar-refractivity contribution in [2.24, 2.45) is 0 Å². The molecular weight excluding hydrogens is 779 g/mol. The smallest absolute Gasteiger partial charge is 0.462 e. The van der Waals surface area contributed by atoms with Crippen LogP contribution in [0.25, 0.3) is 0 Å². The Kier molecular flexibility index (Phi) is 33.7. The Hall–Kier alpha value is -1.67. The lowest BCUT2D eigenvalue weighted by atomic mass is 9.85. The second-order valence-corrected chi connectivity index (χ2v) is 17.7. The Balaban J connectivity index is 2.49. The van der Waals surface area contributed by atoms with Crippen LogP contribution in [0, 0.1) is 0 Å². The summed E-state index contributed by atoms with van der Waals surface area (Å²) in [6, 6.07) is 0. The Labute approximate surface area is 356 Å². The summed E-state index contributed by atoms with van der Waals surface area (Å²) < 4.78 is 33.5. The lowest BCUT2D eigenvalue weighted by molar-refractivity contribution is -0.220. The minimum Gasteiger partial charge on any atom is -0.462 e. The topological polar surface area (TPSA) is 210 Å². The van der Waals surface area contributed by atoms with Crippen molar-refractivity contribution in [2.75, 3.05) is 13.2 Å². The molecule has 0 aromatic heterocycles. The SMILES string of the molecule is CCCCCCCCCCC/C=C/C/C=C/CCCC(=O)O[C@H](COC(=O)CCCCCCCCCCCCCCC)COP(=O)(O)OC1C(O)C(O)C(O)[C@H](O)C1O.